The van der Waals surface area contributed by atoms with Gasteiger partial charge in [-0.25, -0.2) is 0 Å². The lowest BCUT2D eigenvalue weighted by molar-refractivity contribution is -0.146. The van der Waals surface area contributed by atoms with Crippen LogP contribution in [0.5, 0.6) is 0 Å². The normalized spacial score (nSPS) is 17.2. The van der Waals surface area contributed by atoms with Crippen molar-refractivity contribution in [3.63, 3.8) is 0 Å². The predicted octanol–water partition coefficient (Wildman–Crippen LogP) is 2.74. The Morgan fingerprint density at radius 1 is 1.33 bits per heavy atom. The second-order valence-electron chi connectivity index (χ2n) is 5.82. The minimum absolute atomic E-state index is 0.0609. The van der Waals surface area contributed by atoms with Crippen LogP contribution in [0, 0.1) is 16.7 Å². The van der Waals surface area contributed by atoms with Gasteiger partial charge in [0, 0.05) is 25.8 Å². The fourth-order valence-corrected chi connectivity index (χ4v) is 2.64. The van der Waals surface area contributed by atoms with Gasteiger partial charge in [0.15, 0.2) is 0 Å². The molecular formula is C17H22N2O2. The van der Waals surface area contributed by atoms with E-state index in [-0.39, 0.29) is 11.9 Å². The van der Waals surface area contributed by atoms with Crippen molar-refractivity contribution in [1.82, 2.24) is 4.90 Å². The van der Waals surface area contributed by atoms with Crippen LogP contribution in [0.2, 0.25) is 0 Å². The van der Waals surface area contributed by atoms with Gasteiger partial charge in [0.2, 0.25) is 5.91 Å². The topological polar surface area (TPSA) is 53.3 Å². The molecule has 1 aromatic carbocycles. The van der Waals surface area contributed by atoms with Crippen LogP contribution in [-0.4, -0.2) is 30.1 Å². The number of benzene rings is 1. The van der Waals surface area contributed by atoms with Gasteiger partial charge in [0.05, 0.1) is 6.07 Å². The minimum atomic E-state index is -0.919. The maximum atomic E-state index is 12.9. The number of carbonyl (C=O) groups is 1. The Hall–Kier alpha value is -1.86. The molecule has 1 amide bonds. The molecule has 1 saturated heterocycles. The number of rotatable bonds is 4. The maximum absolute atomic E-state index is 12.9. The molecule has 4 heteroatoms. The third-order valence-corrected chi connectivity index (χ3v) is 4.05. The van der Waals surface area contributed by atoms with Crippen molar-refractivity contribution in [1.29, 1.82) is 5.26 Å². The van der Waals surface area contributed by atoms with Gasteiger partial charge in [-0.05, 0) is 32.3 Å². The maximum Gasteiger partial charge on any atom is 0.243 e. The van der Waals surface area contributed by atoms with Crippen LogP contribution in [0.15, 0.2) is 30.3 Å². The quantitative estimate of drug-likeness (QED) is 0.855. The lowest BCUT2D eigenvalue weighted by Gasteiger charge is -2.37. The zero-order valence-corrected chi connectivity index (χ0v) is 12.7. The van der Waals surface area contributed by atoms with Crippen LogP contribution < -0.4 is 0 Å². The molecule has 21 heavy (non-hydrogen) atoms. The molecule has 1 aromatic rings. The summed E-state index contributed by atoms with van der Waals surface area (Å²) < 4.78 is 5.31. The minimum Gasteiger partial charge on any atom is -0.381 e. The van der Waals surface area contributed by atoms with Crippen molar-refractivity contribution in [2.24, 2.45) is 5.41 Å². The van der Waals surface area contributed by atoms with E-state index in [4.69, 9.17) is 4.74 Å². The lowest BCUT2D eigenvalue weighted by atomic mass is 9.80. The first-order chi connectivity index (χ1) is 10.1. The van der Waals surface area contributed by atoms with Crippen LogP contribution in [0.4, 0.5) is 0 Å². The van der Waals surface area contributed by atoms with Gasteiger partial charge in [-0.1, -0.05) is 30.3 Å². The molecule has 0 N–H and O–H groups in total. The van der Waals surface area contributed by atoms with Crippen LogP contribution in [0.25, 0.3) is 0 Å². The fourth-order valence-electron chi connectivity index (χ4n) is 2.64. The summed E-state index contributed by atoms with van der Waals surface area (Å²) in [5.41, 5.74) is 0.164. The van der Waals surface area contributed by atoms with E-state index in [2.05, 4.69) is 6.07 Å². The van der Waals surface area contributed by atoms with Gasteiger partial charge < -0.3 is 9.64 Å². The van der Waals surface area contributed by atoms with Crippen molar-refractivity contribution in [2.45, 2.75) is 39.3 Å². The zero-order chi connectivity index (χ0) is 15.3. The molecule has 0 saturated carbocycles. The number of carbonyl (C=O) groups excluding carboxylic acids is 1. The van der Waals surface area contributed by atoms with E-state index in [1.54, 1.807) is 0 Å². The number of hydrogen-bond donors (Lipinski definition) is 0. The summed E-state index contributed by atoms with van der Waals surface area (Å²) in [6.07, 6.45) is 0.973. The molecule has 112 valence electrons. The highest BCUT2D eigenvalue weighted by Gasteiger charge is 2.43. The van der Waals surface area contributed by atoms with Gasteiger partial charge in [0.25, 0.3) is 0 Å². The Morgan fingerprint density at radius 3 is 2.48 bits per heavy atom. The van der Waals surface area contributed by atoms with Crippen molar-refractivity contribution in [3.8, 4) is 6.07 Å². The second kappa shape index (κ2) is 6.73. The Morgan fingerprint density at radius 2 is 1.95 bits per heavy atom. The highest BCUT2D eigenvalue weighted by molar-refractivity contribution is 5.85. The molecule has 2 rings (SSSR count). The van der Waals surface area contributed by atoms with Crippen LogP contribution in [0.1, 0.15) is 32.3 Å². The summed E-state index contributed by atoms with van der Waals surface area (Å²) >= 11 is 0. The Kier molecular flexibility index (Phi) is 4.98. The van der Waals surface area contributed by atoms with Crippen molar-refractivity contribution >= 4 is 5.91 Å². The smallest absolute Gasteiger partial charge is 0.243 e. The largest absolute Gasteiger partial charge is 0.381 e. The van der Waals surface area contributed by atoms with Crippen molar-refractivity contribution in [3.05, 3.63) is 35.9 Å². The summed E-state index contributed by atoms with van der Waals surface area (Å²) in [4.78, 5) is 14.8. The van der Waals surface area contributed by atoms with E-state index in [9.17, 15) is 10.1 Å². The number of ether oxygens (including phenoxy) is 1. The van der Waals surface area contributed by atoms with Gasteiger partial charge >= 0.3 is 0 Å². The van der Waals surface area contributed by atoms with E-state index >= 15 is 0 Å². The van der Waals surface area contributed by atoms with Gasteiger partial charge in [-0.2, -0.15) is 5.26 Å². The van der Waals surface area contributed by atoms with Crippen LogP contribution in [-0.2, 0) is 16.1 Å². The van der Waals surface area contributed by atoms with E-state index in [0.717, 1.165) is 5.56 Å². The van der Waals surface area contributed by atoms with E-state index in [1.165, 1.54) is 0 Å². The summed E-state index contributed by atoms with van der Waals surface area (Å²) in [5, 5.41) is 9.56. The molecule has 4 nitrogen and oxygen atoms in total. The molecular weight excluding hydrogens is 264 g/mol. The van der Waals surface area contributed by atoms with Gasteiger partial charge in [-0.3, -0.25) is 4.79 Å². The molecule has 1 aliphatic rings. The molecule has 0 atom stereocenters. The molecule has 0 spiro atoms. The highest BCUT2D eigenvalue weighted by atomic mass is 16.5. The fraction of sp³-hybridized carbons (Fsp3) is 0.529. The Bertz CT molecular complexity index is 513. The molecule has 0 unspecified atom stereocenters. The zero-order valence-electron chi connectivity index (χ0n) is 12.7. The summed E-state index contributed by atoms with van der Waals surface area (Å²) in [7, 11) is 0. The molecule has 1 heterocycles. The average Bonchev–Trinajstić information content (AvgIpc) is 2.53. The number of nitrogens with zero attached hydrogens (tertiary/aromatic N) is 2. The Balaban J connectivity index is 2.21. The number of amides is 1. The number of nitriles is 1. The molecule has 0 aliphatic carbocycles. The van der Waals surface area contributed by atoms with Crippen LogP contribution >= 0.6 is 0 Å². The molecule has 1 aliphatic heterocycles. The van der Waals surface area contributed by atoms with Crippen molar-refractivity contribution < 1.29 is 9.53 Å². The van der Waals surface area contributed by atoms with E-state index < -0.39 is 5.41 Å². The molecule has 0 radical (unpaired) electrons. The van der Waals surface area contributed by atoms with Gasteiger partial charge in [0.1, 0.15) is 5.41 Å². The third kappa shape index (κ3) is 3.43. The second-order valence-corrected chi connectivity index (χ2v) is 5.82. The standard InChI is InChI=1S/C17H22N2O2/c1-14(2)19(12-15-6-4-3-5-7-15)16(20)17(13-18)8-10-21-11-9-17/h3-7,14H,8-12H2,1-2H3. The molecule has 1 fully saturated rings. The highest BCUT2D eigenvalue weighted by Crippen LogP contribution is 2.33. The average molecular weight is 286 g/mol. The number of hydrogen-bond acceptors (Lipinski definition) is 3. The summed E-state index contributed by atoms with van der Waals surface area (Å²) in [6, 6.07) is 12.2. The SMILES string of the molecule is CC(C)N(Cc1ccccc1)C(=O)C1(C#N)CCOCC1. The van der Waals surface area contributed by atoms with Crippen molar-refractivity contribution in [2.75, 3.05) is 13.2 Å². The van der Waals surface area contributed by atoms with E-state index in [1.807, 2.05) is 49.1 Å². The summed E-state index contributed by atoms with van der Waals surface area (Å²) in [6.45, 7) is 5.49. The first kappa shape index (κ1) is 15.5. The molecule has 0 bridgehead atoms. The monoisotopic (exact) mass is 286 g/mol. The summed E-state index contributed by atoms with van der Waals surface area (Å²) in [5.74, 6) is -0.0628. The Labute approximate surface area is 126 Å². The first-order valence-corrected chi connectivity index (χ1v) is 7.43. The van der Waals surface area contributed by atoms with Gasteiger partial charge in [-0.15, -0.1) is 0 Å². The predicted molar refractivity (Wildman–Crippen MR) is 80.2 cm³/mol. The van der Waals surface area contributed by atoms with Crippen LogP contribution in [0.3, 0.4) is 0 Å². The third-order valence-electron chi connectivity index (χ3n) is 4.05. The lowest BCUT2D eigenvalue weighted by Crippen LogP contribution is -2.48. The molecule has 0 aromatic heterocycles. The van der Waals surface area contributed by atoms with E-state index in [0.29, 0.717) is 32.6 Å². The first-order valence-electron chi connectivity index (χ1n) is 7.43.